The second-order valence-corrected chi connectivity index (χ2v) is 6.01. The first-order valence-corrected chi connectivity index (χ1v) is 8.57. The van der Waals surface area contributed by atoms with Crippen molar-refractivity contribution in [2.24, 2.45) is 0 Å². The summed E-state index contributed by atoms with van der Waals surface area (Å²) in [5, 5.41) is 12.4. The van der Waals surface area contributed by atoms with E-state index in [1.165, 1.54) is 6.07 Å². The van der Waals surface area contributed by atoms with Crippen LogP contribution in [0.2, 0.25) is 0 Å². The molecule has 3 aromatic rings. The van der Waals surface area contributed by atoms with E-state index in [9.17, 15) is 10.1 Å². The number of hydrogen-bond donors (Lipinski definition) is 0. The Hall–Kier alpha value is -2.70. The highest BCUT2D eigenvalue weighted by Gasteiger charge is 2.17. The number of nitrogens with zero attached hydrogens (tertiary/aromatic N) is 2. The zero-order valence-corrected chi connectivity index (χ0v) is 14.9. The van der Waals surface area contributed by atoms with Gasteiger partial charge in [-0.2, -0.15) is 0 Å². The Labute approximate surface area is 152 Å². The molecule has 1 unspecified atom stereocenters. The number of rotatable bonds is 8. The molecule has 0 radical (unpaired) electrons. The molecule has 0 bridgehead atoms. The zero-order valence-electron chi connectivity index (χ0n) is 14.9. The predicted molar refractivity (Wildman–Crippen MR) is 100 cm³/mol. The first-order valence-electron chi connectivity index (χ1n) is 8.57. The van der Waals surface area contributed by atoms with Crippen LogP contribution in [0.5, 0.6) is 0 Å². The van der Waals surface area contributed by atoms with Crippen LogP contribution in [0.1, 0.15) is 18.1 Å². The normalized spacial score (nSPS) is 12.4. The molecule has 0 N–H and O–H groups in total. The van der Waals surface area contributed by atoms with Crippen molar-refractivity contribution in [1.29, 1.82) is 0 Å². The molecule has 1 atom stereocenters. The summed E-state index contributed by atoms with van der Waals surface area (Å²) in [5.74, 6) is 0. The third-order valence-corrected chi connectivity index (χ3v) is 4.40. The highest BCUT2D eigenvalue weighted by molar-refractivity contribution is 5.84. The minimum Gasteiger partial charge on any atom is -0.356 e. The third kappa shape index (κ3) is 3.76. The summed E-state index contributed by atoms with van der Waals surface area (Å²) >= 11 is 0. The fraction of sp³-hybridized carbons (Fsp3) is 0.300. The number of para-hydroxylation sites is 2. The summed E-state index contributed by atoms with van der Waals surface area (Å²) in [6.07, 6.45) is 2.34. The average molecular weight is 354 g/mol. The summed E-state index contributed by atoms with van der Waals surface area (Å²) in [7, 11) is 1.63. The van der Waals surface area contributed by atoms with Gasteiger partial charge in [0.05, 0.1) is 11.5 Å². The number of aromatic nitrogens is 1. The van der Waals surface area contributed by atoms with Crippen molar-refractivity contribution < 1.29 is 14.4 Å². The highest BCUT2D eigenvalue weighted by atomic mass is 16.7. The van der Waals surface area contributed by atoms with E-state index >= 15 is 0 Å². The first-order chi connectivity index (χ1) is 12.6. The molecule has 0 fully saturated rings. The van der Waals surface area contributed by atoms with Gasteiger partial charge in [0, 0.05) is 48.9 Å². The molecule has 6 heteroatoms. The van der Waals surface area contributed by atoms with Gasteiger partial charge < -0.3 is 14.0 Å². The third-order valence-electron chi connectivity index (χ3n) is 4.40. The lowest BCUT2D eigenvalue weighted by molar-refractivity contribution is -0.385. The molecular weight excluding hydrogens is 332 g/mol. The molecule has 0 saturated carbocycles. The topological polar surface area (TPSA) is 66.5 Å². The monoisotopic (exact) mass is 354 g/mol. The van der Waals surface area contributed by atoms with Crippen molar-refractivity contribution in [3.63, 3.8) is 0 Å². The van der Waals surface area contributed by atoms with Gasteiger partial charge in [-0.05, 0) is 18.6 Å². The molecule has 3 rings (SSSR count). The summed E-state index contributed by atoms with van der Waals surface area (Å²) in [6, 6.07) is 14.9. The Morgan fingerprint density at radius 1 is 1.12 bits per heavy atom. The molecule has 0 saturated heterocycles. The summed E-state index contributed by atoms with van der Waals surface area (Å²) < 4.78 is 13.0. The Balaban J connectivity index is 1.98. The van der Waals surface area contributed by atoms with Crippen LogP contribution in [0.15, 0.2) is 54.7 Å². The van der Waals surface area contributed by atoms with E-state index in [0.717, 1.165) is 16.5 Å². The number of ether oxygens (including phenoxy) is 2. The van der Waals surface area contributed by atoms with Gasteiger partial charge >= 0.3 is 0 Å². The van der Waals surface area contributed by atoms with E-state index in [0.29, 0.717) is 25.1 Å². The second-order valence-electron chi connectivity index (χ2n) is 6.01. The van der Waals surface area contributed by atoms with Crippen LogP contribution in [0, 0.1) is 10.1 Å². The smallest absolute Gasteiger partial charge is 0.274 e. The van der Waals surface area contributed by atoms with Gasteiger partial charge in [0.1, 0.15) is 0 Å². The van der Waals surface area contributed by atoms with Gasteiger partial charge in [-0.1, -0.05) is 36.4 Å². The molecule has 26 heavy (non-hydrogen) atoms. The summed E-state index contributed by atoms with van der Waals surface area (Å²) in [5.41, 5.74) is 2.94. The maximum atomic E-state index is 11.3. The number of fused-ring (bicyclic) bond motifs is 1. The van der Waals surface area contributed by atoms with E-state index in [4.69, 9.17) is 9.47 Å². The van der Waals surface area contributed by atoms with Crippen LogP contribution >= 0.6 is 0 Å². The van der Waals surface area contributed by atoms with Crippen molar-refractivity contribution in [2.45, 2.75) is 26.2 Å². The molecule has 1 heterocycles. The van der Waals surface area contributed by atoms with Gasteiger partial charge in [-0.3, -0.25) is 10.1 Å². The summed E-state index contributed by atoms with van der Waals surface area (Å²) in [4.78, 5) is 11.0. The summed E-state index contributed by atoms with van der Waals surface area (Å²) in [6.45, 7) is 2.95. The van der Waals surface area contributed by atoms with Crippen molar-refractivity contribution in [1.82, 2.24) is 4.57 Å². The van der Waals surface area contributed by atoms with Crippen molar-refractivity contribution >= 4 is 16.6 Å². The fourth-order valence-corrected chi connectivity index (χ4v) is 3.20. The molecular formula is C20H22N2O4. The Bertz CT molecular complexity index is 904. The quantitative estimate of drug-likeness (QED) is 0.346. The molecule has 6 nitrogen and oxygen atoms in total. The number of benzene rings is 2. The van der Waals surface area contributed by atoms with E-state index in [1.54, 1.807) is 19.2 Å². The van der Waals surface area contributed by atoms with Gasteiger partial charge in [0.15, 0.2) is 6.29 Å². The lowest BCUT2D eigenvalue weighted by Crippen LogP contribution is -2.18. The predicted octanol–water partition coefficient (Wildman–Crippen LogP) is 4.15. The van der Waals surface area contributed by atoms with Crippen LogP contribution in [-0.2, 0) is 22.4 Å². The van der Waals surface area contributed by atoms with E-state index in [2.05, 4.69) is 6.07 Å². The molecule has 0 aliphatic rings. The van der Waals surface area contributed by atoms with Crippen LogP contribution in [-0.4, -0.2) is 29.5 Å². The zero-order chi connectivity index (χ0) is 18.5. The van der Waals surface area contributed by atoms with Crippen LogP contribution in [0.4, 0.5) is 5.69 Å². The van der Waals surface area contributed by atoms with Crippen LogP contribution in [0.3, 0.4) is 0 Å². The molecule has 1 aromatic heterocycles. The Morgan fingerprint density at radius 2 is 1.85 bits per heavy atom. The van der Waals surface area contributed by atoms with Crippen LogP contribution in [0.25, 0.3) is 10.9 Å². The SMILES string of the molecule is CCOC(Cc1cn(Cc2ccccc2[N+](=O)[O-])c2ccccc12)OC. The molecule has 2 aromatic carbocycles. The maximum Gasteiger partial charge on any atom is 0.274 e. The van der Waals surface area contributed by atoms with E-state index in [1.807, 2.05) is 42.0 Å². The first kappa shape index (κ1) is 18.1. The molecule has 136 valence electrons. The van der Waals surface area contributed by atoms with Gasteiger partial charge in [-0.15, -0.1) is 0 Å². The number of nitro benzene ring substituents is 1. The second kappa shape index (κ2) is 8.12. The molecule has 0 amide bonds. The number of nitro groups is 1. The molecule has 0 aliphatic carbocycles. The van der Waals surface area contributed by atoms with Crippen molar-refractivity contribution in [3.8, 4) is 0 Å². The minimum atomic E-state index is -0.335. The standard InChI is InChI=1S/C20H22N2O4/c1-3-26-20(25-2)12-16-14-21(19-11-7-5-9-17(16)19)13-15-8-4-6-10-18(15)22(23)24/h4-11,14,20H,3,12-13H2,1-2H3. The van der Waals surface area contributed by atoms with E-state index in [-0.39, 0.29) is 16.9 Å². The largest absolute Gasteiger partial charge is 0.356 e. The highest BCUT2D eigenvalue weighted by Crippen LogP contribution is 2.26. The molecule has 0 aliphatic heterocycles. The molecule has 0 spiro atoms. The van der Waals surface area contributed by atoms with Crippen molar-refractivity contribution in [3.05, 3.63) is 76.0 Å². The lowest BCUT2D eigenvalue weighted by Gasteiger charge is -2.14. The lowest BCUT2D eigenvalue weighted by atomic mass is 10.1. The Kier molecular flexibility index (Phi) is 5.65. The van der Waals surface area contributed by atoms with E-state index < -0.39 is 0 Å². The minimum absolute atomic E-state index is 0.135. The average Bonchev–Trinajstić information content (AvgIpc) is 2.99. The number of hydrogen-bond acceptors (Lipinski definition) is 4. The Morgan fingerprint density at radius 3 is 2.58 bits per heavy atom. The van der Waals surface area contributed by atoms with Gasteiger partial charge in [0.25, 0.3) is 5.69 Å². The fourth-order valence-electron chi connectivity index (χ4n) is 3.20. The van der Waals surface area contributed by atoms with Crippen LogP contribution < -0.4 is 0 Å². The van der Waals surface area contributed by atoms with Gasteiger partial charge in [0.2, 0.25) is 0 Å². The maximum absolute atomic E-state index is 11.3. The van der Waals surface area contributed by atoms with Gasteiger partial charge in [-0.25, -0.2) is 0 Å². The number of methoxy groups -OCH3 is 1. The van der Waals surface area contributed by atoms with Crippen molar-refractivity contribution in [2.75, 3.05) is 13.7 Å².